The summed E-state index contributed by atoms with van der Waals surface area (Å²) in [5.74, 6) is 0. The number of rotatable bonds is 0. The van der Waals surface area contributed by atoms with E-state index < -0.39 is 0 Å². The molecule has 2 aromatic heterocycles. The molecule has 0 fully saturated rings. The van der Waals surface area contributed by atoms with Gasteiger partial charge in [-0.25, -0.2) is 0 Å². The molecule has 6 aromatic carbocycles. The van der Waals surface area contributed by atoms with Gasteiger partial charge in [0.2, 0.25) is 0 Å². The molecular formula is C34H22N2. The monoisotopic (exact) mass is 458 g/mol. The number of benzene rings is 4. The SMILES string of the molecule is c1ccc2ccc3ccccc3c3c4cccnc4c(c4ccccc4ccc2c1)c1cccnc13. The maximum absolute atomic E-state index is 4.95. The van der Waals surface area contributed by atoms with Crippen molar-refractivity contribution in [3.63, 3.8) is 0 Å². The Balaban J connectivity index is 1.92. The maximum atomic E-state index is 4.95. The smallest absolute Gasteiger partial charge is 0.0794 e. The third kappa shape index (κ3) is 3.27. The van der Waals surface area contributed by atoms with Gasteiger partial charge < -0.3 is 0 Å². The van der Waals surface area contributed by atoms with Crippen LogP contribution in [0.2, 0.25) is 0 Å². The summed E-state index contributed by atoms with van der Waals surface area (Å²) in [6.07, 6.45) is 3.78. The molecule has 2 bridgehead atoms. The van der Waals surface area contributed by atoms with Crippen LogP contribution in [0.3, 0.4) is 0 Å². The molecule has 0 atom stereocenters. The highest BCUT2D eigenvalue weighted by molar-refractivity contribution is 6.32. The first kappa shape index (κ1) is 20.5. The van der Waals surface area contributed by atoms with Crippen LogP contribution in [0.25, 0.3) is 64.9 Å². The molecule has 0 unspecified atom stereocenters. The van der Waals surface area contributed by atoms with Crippen molar-refractivity contribution < 1.29 is 0 Å². The highest BCUT2D eigenvalue weighted by Crippen LogP contribution is 2.37. The quantitative estimate of drug-likeness (QED) is 0.212. The molecule has 0 amide bonds. The third-order valence-corrected chi connectivity index (χ3v) is 6.97. The molecule has 0 aliphatic heterocycles. The van der Waals surface area contributed by atoms with E-state index in [-0.39, 0.29) is 0 Å². The van der Waals surface area contributed by atoms with Crippen LogP contribution in [0.5, 0.6) is 0 Å². The molecule has 2 heterocycles. The van der Waals surface area contributed by atoms with E-state index in [1.165, 1.54) is 10.8 Å². The molecule has 0 radical (unpaired) electrons. The standard InChI is InChI=1S/C34H22N2/c1-2-10-24-18-20-26-12-4-6-14-28(26)32-30-16-8-21-35-33(30)31(29-15-7-22-36-34(29)32)27-13-5-3-11-25(27)19-17-23(24)9-1/h1-22H. The Labute approximate surface area is 208 Å². The van der Waals surface area contributed by atoms with Gasteiger partial charge in [-0.2, -0.15) is 0 Å². The lowest BCUT2D eigenvalue weighted by Crippen LogP contribution is -1.88. The van der Waals surface area contributed by atoms with Crippen molar-refractivity contribution in [3.05, 3.63) is 134 Å². The van der Waals surface area contributed by atoms with Crippen molar-refractivity contribution in [2.75, 3.05) is 0 Å². The van der Waals surface area contributed by atoms with Crippen molar-refractivity contribution in [1.29, 1.82) is 0 Å². The van der Waals surface area contributed by atoms with Crippen LogP contribution in [0.1, 0.15) is 0 Å². The third-order valence-electron chi connectivity index (χ3n) is 6.97. The van der Waals surface area contributed by atoms with E-state index in [4.69, 9.17) is 9.97 Å². The first-order valence-corrected chi connectivity index (χ1v) is 12.2. The number of hydrogen-bond donors (Lipinski definition) is 0. The van der Waals surface area contributed by atoms with E-state index in [1.54, 1.807) is 0 Å². The first-order valence-electron chi connectivity index (χ1n) is 12.2. The van der Waals surface area contributed by atoms with Crippen LogP contribution in [-0.2, 0) is 0 Å². The highest BCUT2D eigenvalue weighted by atomic mass is 14.7. The van der Waals surface area contributed by atoms with Gasteiger partial charge >= 0.3 is 0 Å². The number of hydrogen-bond acceptors (Lipinski definition) is 2. The molecule has 0 spiro atoms. The lowest BCUT2D eigenvalue weighted by molar-refractivity contribution is 1.42. The highest BCUT2D eigenvalue weighted by Gasteiger charge is 2.13. The van der Waals surface area contributed by atoms with E-state index in [2.05, 4.69) is 109 Å². The molecule has 2 nitrogen and oxygen atoms in total. The molecule has 0 saturated heterocycles. The van der Waals surface area contributed by atoms with Crippen LogP contribution < -0.4 is 0 Å². The minimum atomic E-state index is 0.991. The normalized spacial score (nSPS) is 11.3. The molecule has 2 heteroatoms. The van der Waals surface area contributed by atoms with Gasteiger partial charge in [-0.05, 0) is 44.5 Å². The summed E-state index contributed by atoms with van der Waals surface area (Å²) in [5.41, 5.74) is 1.98. The number of pyridine rings is 2. The van der Waals surface area contributed by atoms with Gasteiger partial charge in [-0.1, -0.05) is 109 Å². The number of fused-ring (bicyclic) bond motifs is 2. The molecule has 0 aliphatic carbocycles. The fourth-order valence-corrected chi connectivity index (χ4v) is 5.33. The van der Waals surface area contributed by atoms with E-state index in [0.29, 0.717) is 0 Å². The second kappa shape index (κ2) is 8.44. The average Bonchev–Trinajstić information content (AvgIpc) is 2.94. The molecule has 0 N–H and O–H groups in total. The Hall–Kier alpha value is -4.82. The molecular weight excluding hydrogens is 436 g/mol. The van der Waals surface area contributed by atoms with Crippen LogP contribution in [0, 0.1) is 0 Å². The zero-order valence-corrected chi connectivity index (χ0v) is 19.6. The van der Waals surface area contributed by atoms with Gasteiger partial charge in [0.15, 0.2) is 0 Å². The zero-order chi connectivity index (χ0) is 23.9. The largest absolute Gasteiger partial charge is 0.256 e. The summed E-state index contributed by atoms with van der Waals surface area (Å²) in [5, 5.41) is 11.4. The minimum absolute atomic E-state index is 0.991. The predicted octanol–water partition coefficient (Wildman–Crippen LogP) is 9.08. The Bertz CT molecular complexity index is 1850. The van der Waals surface area contributed by atoms with Crippen molar-refractivity contribution in [1.82, 2.24) is 9.97 Å². The Kier molecular flexibility index (Phi) is 4.82. The summed E-state index contributed by atoms with van der Waals surface area (Å²) < 4.78 is 0. The summed E-state index contributed by atoms with van der Waals surface area (Å²) >= 11 is 0. The molecule has 0 aliphatic rings. The lowest BCUT2D eigenvalue weighted by atomic mass is 9.95. The second-order valence-corrected chi connectivity index (χ2v) is 9.02. The van der Waals surface area contributed by atoms with Crippen molar-refractivity contribution in [2.24, 2.45) is 0 Å². The van der Waals surface area contributed by atoms with E-state index in [9.17, 15) is 0 Å². The van der Waals surface area contributed by atoms with E-state index in [1.807, 2.05) is 24.5 Å². The van der Waals surface area contributed by atoms with Crippen LogP contribution >= 0.6 is 0 Å². The van der Waals surface area contributed by atoms with Crippen LogP contribution in [0.4, 0.5) is 0 Å². The molecule has 8 rings (SSSR count). The topological polar surface area (TPSA) is 25.8 Å². The first-order chi connectivity index (χ1) is 17.9. The van der Waals surface area contributed by atoms with Crippen LogP contribution in [-0.4, -0.2) is 9.97 Å². The molecule has 168 valence electrons. The van der Waals surface area contributed by atoms with Gasteiger partial charge in [0.05, 0.1) is 11.0 Å². The lowest BCUT2D eigenvalue weighted by Gasteiger charge is -2.11. The van der Waals surface area contributed by atoms with E-state index >= 15 is 0 Å². The minimum Gasteiger partial charge on any atom is -0.256 e. The Morgan fingerprint density at radius 1 is 0.306 bits per heavy atom. The second-order valence-electron chi connectivity index (χ2n) is 9.02. The number of aromatic nitrogens is 2. The van der Waals surface area contributed by atoms with Crippen molar-refractivity contribution >= 4 is 64.9 Å². The van der Waals surface area contributed by atoms with Crippen molar-refractivity contribution in [2.45, 2.75) is 0 Å². The predicted molar refractivity (Wildman–Crippen MR) is 154 cm³/mol. The molecule has 36 heavy (non-hydrogen) atoms. The van der Waals surface area contributed by atoms with Gasteiger partial charge in [0, 0.05) is 33.9 Å². The summed E-state index contributed by atoms with van der Waals surface area (Å²) in [4.78, 5) is 9.90. The Morgan fingerprint density at radius 2 is 0.667 bits per heavy atom. The number of nitrogens with zero attached hydrogens (tertiary/aromatic N) is 2. The zero-order valence-electron chi connectivity index (χ0n) is 19.6. The fourth-order valence-electron chi connectivity index (χ4n) is 5.33. The van der Waals surface area contributed by atoms with Crippen LogP contribution in [0.15, 0.2) is 134 Å². The molecule has 0 saturated carbocycles. The molecule has 8 aromatic rings. The summed E-state index contributed by atoms with van der Waals surface area (Å²) in [6, 6.07) is 42.9. The van der Waals surface area contributed by atoms with Crippen molar-refractivity contribution in [3.8, 4) is 0 Å². The van der Waals surface area contributed by atoms with Gasteiger partial charge in [0.25, 0.3) is 0 Å². The summed E-state index contributed by atoms with van der Waals surface area (Å²) in [7, 11) is 0. The Morgan fingerprint density at radius 3 is 1.14 bits per heavy atom. The van der Waals surface area contributed by atoms with Gasteiger partial charge in [0.1, 0.15) is 0 Å². The van der Waals surface area contributed by atoms with Gasteiger partial charge in [-0.15, -0.1) is 0 Å². The van der Waals surface area contributed by atoms with Gasteiger partial charge in [-0.3, -0.25) is 9.97 Å². The maximum Gasteiger partial charge on any atom is 0.0794 e. The summed E-state index contributed by atoms with van der Waals surface area (Å²) in [6.45, 7) is 0. The fraction of sp³-hybridized carbons (Fsp3) is 0. The van der Waals surface area contributed by atoms with E-state index in [0.717, 1.165) is 54.1 Å². The average molecular weight is 459 g/mol.